The second-order valence-electron chi connectivity index (χ2n) is 4.15. The molecule has 0 aromatic heterocycles. The second kappa shape index (κ2) is 6.76. The summed E-state index contributed by atoms with van der Waals surface area (Å²) in [6.45, 7) is 4.04. The molecule has 1 atom stereocenters. The van der Waals surface area contributed by atoms with Crippen molar-refractivity contribution >= 4 is 17.5 Å². The molecule has 2 amide bonds. The molecule has 0 bridgehead atoms. The quantitative estimate of drug-likeness (QED) is 0.786. The van der Waals surface area contributed by atoms with E-state index >= 15 is 0 Å². The summed E-state index contributed by atoms with van der Waals surface area (Å²) in [6.07, 6.45) is 0. The van der Waals surface area contributed by atoms with Crippen LogP contribution in [0.15, 0.2) is 24.3 Å². The van der Waals surface area contributed by atoms with Crippen molar-refractivity contribution in [3.05, 3.63) is 29.8 Å². The summed E-state index contributed by atoms with van der Waals surface area (Å²) in [5, 5.41) is 5.08. The van der Waals surface area contributed by atoms with E-state index in [0.29, 0.717) is 12.3 Å². The fraction of sp³-hybridized carbons (Fsp3) is 0.385. The topological polar surface area (TPSA) is 67.4 Å². The van der Waals surface area contributed by atoms with Gasteiger partial charge in [-0.3, -0.25) is 9.59 Å². The zero-order valence-corrected chi connectivity index (χ0v) is 10.8. The Morgan fingerprint density at radius 2 is 2.06 bits per heavy atom. The maximum absolute atomic E-state index is 11.6. The predicted molar refractivity (Wildman–Crippen MR) is 69.3 cm³/mol. The van der Waals surface area contributed by atoms with E-state index in [2.05, 4.69) is 10.6 Å². The summed E-state index contributed by atoms with van der Waals surface area (Å²) < 4.78 is 4.87. The van der Waals surface area contributed by atoms with Crippen LogP contribution >= 0.6 is 0 Å². The summed E-state index contributed by atoms with van der Waals surface area (Å²) >= 11 is 0. The number of hydrogen-bond acceptors (Lipinski definition) is 3. The van der Waals surface area contributed by atoms with Gasteiger partial charge in [-0.25, -0.2) is 0 Å². The van der Waals surface area contributed by atoms with E-state index in [1.807, 2.05) is 19.1 Å². The molecule has 0 aliphatic rings. The first-order valence-corrected chi connectivity index (χ1v) is 5.70. The first kappa shape index (κ1) is 14.2. The van der Waals surface area contributed by atoms with Crippen molar-refractivity contribution < 1.29 is 14.3 Å². The molecule has 0 fully saturated rings. The molecular weight excluding hydrogens is 232 g/mol. The van der Waals surface area contributed by atoms with Crippen LogP contribution in [-0.4, -0.2) is 31.6 Å². The number of benzene rings is 1. The lowest BCUT2D eigenvalue weighted by Gasteiger charge is -2.12. The molecule has 18 heavy (non-hydrogen) atoms. The predicted octanol–water partition coefficient (Wildman–Crippen LogP) is 1.08. The fourth-order valence-electron chi connectivity index (χ4n) is 1.49. The zero-order chi connectivity index (χ0) is 13.5. The molecule has 1 rings (SSSR count). The zero-order valence-electron chi connectivity index (χ0n) is 10.8. The number of anilines is 1. The van der Waals surface area contributed by atoms with Crippen LogP contribution in [0.25, 0.3) is 0 Å². The molecule has 1 aromatic carbocycles. The van der Waals surface area contributed by atoms with Gasteiger partial charge in [0.15, 0.2) is 0 Å². The van der Waals surface area contributed by atoms with Gasteiger partial charge in [-0.05, 0) is 31.5 Å². The monoisotopic (exact) mass is 250 g/mol. The Bertz CT molecular complexity index is 432. The van der Waals surface area contributed by atoms with Gasteiger partial charge < -0.3 is 15.4 Å². The lowest BCUT2D eigenvalue weighted by Crippen LogP contribution is -2.42. The van der Waals surface area contributed by atoms with Crippen molar-refractivity contribution in [2.75, 3.05) is 19.0 Å². The highest BCUT2D eigenvalue weighted by molar-refractivity contribution is 6.39. The van der Waals surface area contributed by atoms with Crippen LogP contribution in [-0.2, 0) is 14.3 Å². The Morgan fingerprint density at radius 3 is 2.67 bits per heavy atom. The molecule has 0 saturated heterocycles. The number of hydrogen-bond donors (Lipinski definition) is 2. The van der Waals surface area contributed by atoms with Crippen molar-refractivity contribution in [1.29, 1.82) is 0 Å². The van der Waals surface area contributed by atoms with Crippen LogP contribution < -0.4 is 10.6 Å². The largest absolute Gasteiger partial charge is 0.383 e. The maximum Gasteiger partial charge on any atom is 0.313 e. The smallest absolute Gasteiger partial charge is 0.313 e. The van der Waals surface area contributed by atoms with Gasteiger partial charge >= 0.3 is 11.8 Å². The molecule has 0 spiro atoms. The molecule has 0 radical (unpaired) electrons. The third-order valence-electron chi connectivity index (χ3n) is 2.28. The van der Waals surface area contributed by atoms with Crippen LogP contribution in [0, 0.1) is 6.92 Å². The Kier molecular flexibility index (Phi) is 5.32. The molecular formula is C13H18N2O3. The Hall–Kier alpha value is -1.88. The number of nitrogens with one attached hydrogen (secondary N) is 2. The molecule has 0 unspecified atom stereocenters. The summed E-state index contributed by atoms with van der Waals surface area (Å²) in [5.41, 5.74) is 1.62. The SMILES string of the molecule is COC[C@H](C)NC(=O)C(=O)Nc1cccc(C)c1. The van der Waals surface area contributed by atoms with Gasteiger partial charge in [0.2, 0.25) is 0 Å². The number of amides is 2. The summed E-state index contributed by atoms with van der Waals surface area (Å²) in [5.74, 6) is -1.34. The van der Waals surface area contributed by atoms with E-state index in [4.69, 9.17) is 4.74 Å². The van der Waals surface area contributed by atoms with E-state index in [9.17, 15) is 9.59 Å². The van der Waals surface area contributed by atoms with Crippen LogP contribution in [0.3, 0.4) is 0 Å². The molecule has 2 N–H and O–H groups in total. The van der Waals surface area contributed by atoms with Crippen molar-refractivity contribution in [3.63, 3.8) is 0 Å². The average Bonchev–Trinajstić information content (AvgIpc) is 2.29. The lowest BCUT2D eigenvalue weighted by molar-refractivity contribution is -0.136. The number of aryl methyl sites for hydroxylation is 1. The molecule has 0 heterocycles. The normalized spacial score (nSPS) is 11.7. The highest BCUT2D eigenvalue weighted by atomic mass is 16.5. The van der Waals surface area contributed by atoms with Gasteiger partial charge in [0, 0.05) is 18.8 Å². The van der Waals surface area contributed by atoms with Crippen molar-refractivity contribution in [2.45, 2.75) is 19.9 Å². The minimum atomic E-state index is -0.677. The van der Waals surface area contributed by atoms with Crippen LogP contribution in [0.4, 0.5) is 5.69 Å². The minimum Gasteiger partial charge on any atom is -0.383 e. The highest BCUT2D eigenvalue weighted by Crippen LogP contribution is 2.09. The van der Waals surface area contributed by atoms with E-state index < -0.39 is 11.8 Å². The van der Waals surface area contributed by atoms with Crippen molar-refractivity contribution in [3.8, 4) is 0 Å². The Labute approximate surface area is 107 Å². The minimum absolute atomic E-state index is 0.203. The number of rotatable bonds is 4. The third-order valence-corrected chi connectivity index (χ3v) is 2.28. The van der Waals surface area contributed by atoms with Crippen molar-refractivity contribution in [2.24, 2.45) is 0 Å². The number of methoxy groups -OCH3 is 1. The highest BCUT2D eigenvalue weighted by Gasteiger charge is 2.15. The van der Waals surface area contributed by atoms with Gasteiger partial charge in [0.1, 0.15) is 0 Å². The van der Waals surface area contributed by atoms with E-state index in [0.717, 1.165) is 5.56 Å². The fourth-order valence-corrected chi connectivity index (χ4v) is 1.49. The molecule has 5 heteroatoms. The van der Waals surface area contributed by atoms with Gasteiger partial charge in [0.25, 0.3) is 0 Å². The lowest BCUT2D eigenvalue weighted by atomic mass is 10.2. The number of carbonyl (C=O) groups excluding carboxylic acids is 2. The third kappa shape index (κ3) is 4.55. The number of ether oxygens (including phenoxy) is 1. The van der Waals surface area contributed by atoms with Gasteiger partial charge in [-0.2, -0.15) is 0 Å². The first-order chi connectivity index (χ1) is 8.52. The second-order valence-corrected chi connectivity index (χ2v) is 4.15. The Morgan fingerprint density at radius 1 is 1.33 bits per heavy atom. The van der Waals surface area contributed by atoms with E-state index in [-0.39, 0.29) is 6.04 Å². The van der Waals surface area contributed by atoms with Gasteiger partial charge in [-0.1, -0.05) is 12.1 Å². The molecule has 0 saturated carbocycles. The average molecular weight is 250 g/mol. The summed E-state index contributed by atoms with van der Waals surface area (Å²) in [7, 11) is 1.54. The molecule has 0 aliphatic heterocycles. The van der Waals surface area contributed by atoms with Gasteiger partial charge in [-0.15, -0.1) is 0 Å². The maximum atomic E-state index is 11.6. The van der Waals surface area contributed by atoms with E-state index in [1.54, 1.807) is 19.1 Å². The van der Waals surface area contributed by atoms with Crippen LogP contribution in [0.5, 0.6) is 0 Å². The standard InChI is InChI=1S/C13H18N2O3/c1-9-5-4-6-11(7-9)15-13(17)12(16)14-10(2)8-18-3/h4-7,10H,8H2,1-3H3,(H,14,16)(H,15,17)/t10-/m0/s1. The van der Waals surface area contributed by atoms with Gasteiger partial charge in [0.05, 0.1) is 6.61 Å². The summed E-state index contributed by atoms with van der Waals surface area (Å²) in [4.78, 5) is 23.1. The van der Waals surface area contributed by atoms with Crippen LogP contribution in [0.1, 0.15) is 12.5 Å². The molecule has 5 nitrogen and oxygen atoms in total. The molecule has 98 valence electrons. The molecule has 0 aliphatic carbocycles. The van der Waals surface area contributed by atoms with Crippen LogP contribution in [0.2, 0.25) is 0 Å². The summed E-state index contributed by atoms with van der Waals surface area (Å²) in [6, 6.07) is 7.05. The Balaban J connectivity index is 2.52. The van der Waals surface area contributed by atoms with Crippen molar-refractivity contribution in [1.82, 2.24) is 5.32 Å². The van der Waals surface area contributed by atoms with E-state index in [1.165, 1.54) is 7.11 Å². The molecule has 1 aromatic rings. The first-order valence-electron chi connectivity index (χ1n) is 5.70. The number of carbonyl (C=O) groups is 2.